The second-order valence-corrected chi connectivity index (χ2v) is 2.32. The standard InChI is InChI=1S/C6H9ClN2O/c1-5-4-6(9-10-5)8-3-2-7/h4H,2-3H2,1H3,(H,8,9). The topological polar surface area (TPSA) is 38.1 Å². The number of halogens is 1. The monoisotopic (exact) mass is 160 g/mol. The third kappa shape index (κ3) is 1.92. The first kappa shape index (κ1) is 7.41. The van der Waals surface area contributed by atoms with E-state index in [1.54, 1.807) is 0 Å². The molecule has 1 aromatic rings. The van der Waals surface area contributed by atoms with Crippen molar-refractivity contribution < 1.29 is 4.52 Å². The Kier molecular flexibility index (Phi) is 2.57. The number of hydrogen-bond acceptors (Lipinski definition) is 3. The van der Waals surface area contributed by atoms with E-state index in [4.69, 9.17) is 16.1 Å². The molecule has 0 bridgehead atoms. The average Bonchev–Trinajstić information content (AvgIpc) is 2.31. The van der Waals surface area contributed by atoms with Crippen molar-refractivity contribution in [1.82, 2.24) is 5.16 Å². The van der Waals surface area contributed by atoms with E-state index in [1.165, 1.54) is 0 Å². The molecule has 0 amide bonds. The summed E-state index contributed by atoms with van der Waals surface area (Å²) in [5.41, 5.74) is 0. The normalized spacial score (nSPS) is 9.80. The number of alkyl halides is 1. The van der Waals surface area contributed by atoms with E-state index < -0.39 is 0 Å². The lowest BCUT2D eigenvalue weighted by atomic mass is 10.5. The zero-order valence-corrected chi connectivity index (χ0v) is 6.48. The van der Waals surface area contributed by atoms with Gasteiger partial charge < -0.3 is 9.84 Å². The smallest absolute Gasteiger partial charge is 0.169 e. The molecule has 1 rings (SSSR count). The fourth-order valence-electron chi connectivity index (χ4n) is 0.625. The molecule has 0 aliphatic carbocycles. The van der Waals surface area contributed by atoms with Crippen LogP contribution in [0.3, 0.4) is 0 Å². The highest BCUT2D eigenvalue weighted by Crippen LogP contribution is 2.05. The van der Waals surface area contributed by atoms with Crippen LogP contribution in [0, 0.1) is 6.92 Å². The molecule has 0 aliphatic heterocycles. The molecule has 0 aliphatic rings. The largest absolute Gasteiger partial charge is 0.366 e. The van der Waals surface area contributed by atoms with Gasteiger partial charge in [0.15, 0.2) is 5.82 Å². The van der Waals surface area contributed by atoms with Gasteiger partial charge in [0, 0.05) is 18.5 Å². The zero-order chi connectivity index (χ0) is 7.40. The van der Waals surface area contributed by atoms with Crippen LogP contribution in [0.4, 0.5) is 5.82 Å². The predicted octanol–water partition coefficient (Wildman–Crippen LogP) is 1.63. The van der Waals surface area contributed by atoms with Gasteiger partial charge in [-0.2, -0.15) is 0 Å². The second-order valence-electron chi connectivity index (χ2n) is 1.94. The summed E-state index contributed by atoms with van der Waals surface area (Å²) >= 11 is 5.44. The van der Waals surface area contributed by atoms with Crippen molar-refractivity contribution in [3.63, 3.8) is 0 Å². The SMILES string of the molecule is Cc1cc(NCCCl)no1. The minimum absolute atomic E-state index is 0.575. The van der Waals surface area contributed by atoms with Crippen LogP contribution >= 0.6 is 11.6 Å². The molecule has 1 N–H and O–H groups in total. The molecule has 56 valence electrons. The van der Waals surface area contributed by atoms with Gasteiger partial charge in [-0.15, -0.1) is 11.6 Å². The van der Waals surface area contributed by atoms with Gasteiger partial charge in [0.05, 0.1) is 0 Å². The highest BCUT2D eigenvalue weighted by molar-refractivity contribution is 6.18. The summed E-state index contributed by atoms with van der Waals surface area (Å²) in [5, 5.41) is 6.69. The highest BCUT2D eigenvalue weighted by Gasteiger charge is 1.95. The third-order valence-electron chi connectivity index (χ3n) is 1.03. The molecule has 3 nitrogen and oxygen atoms in total. The van der Waals surface area contributed by atoms with E-state index in [1.807, 2.05) is 13.0 Å². The summed E-state index contributed by atoms with van der Waals surface area (Å²) in [4.78, 5) is 0. The Labute approximate surface area is 64.3 Å². The Morgan fingerprint density at radius 3 is 3.10 bits per heavy atom. The van der Waals surface area contributed by atoms with Crippen LogP contribution in [-0.2, 0) is 0 Å². The Balaban J connectivity index is 2.42. The van der Waals surface area contributed by atoms with Gasteiger partial charge in [-0.05, 0) is 6.92 Å². The quantitative estimate of drug-likeness (QED) is 0.684. The minimum Gasteiger partial charge on any atom is -0.366 e. The van der Waals surface area contributed by atoms with Gasteiger partial charge in [-0.1, -0.05) is 5.16 Å². The first-order valence-corrected chi connectivity index (χ1v) is 3.59. The molecular formula is C6H9ClN2O. The van der Waals surface area contributed by atoms with E-state index in [0.717, 1.165) is 11.6 Å². The van der Waals surface area contributed by atoms with Crippen molar-refractivity contribution in [1.29, 1.82) is 0 Å². The summed E-state index contributed by atoms with van der Waals surface area (Å²) < 4.78 is 4.81. The number of nitrogens with one attached hydrogen (secondary N) is 1. The van der Waals surface area contributed by atoms with Gasteiger partial charge in [0.25, 0.3) is 0 Å². The molecule has 0 saturated heterocycles. The fourth-order valence-corrected chi connectivity index (χ4v) is 0.720. The third-order valence-corrected chi connectivity index (χ3v) is 1.22. The summed E-state index contributed by atoms with van der Waals surface area (Å²) in [6.45, 7) is 2.56. The Bertz CT molecular complexity index is 199. The number of aryl methyl sites for hydroxylation is 1. The average molecular weight is 161 g/mol. The Hall–Kier alpha value is -0.700. The lowest BCUT2D eigenvalue weighted by Crippen LogP contribution is -2.01. The fraction of sp³-hybridized carbons (Fsp3) is 0.500. The lowest BCUT2D eigenvalue weighted by Gasteiger charge is -1.93. The van der Waals surface area contributed by atoms with Crippen molar-refractivity contribution >= 4 is 17.4 Å². The van der Waals surface area contributed by atoms with Gasteiger partial charge >= 0.3 is 0 Å². The molecule has 0 unspecified atom stereocenters. The molecule has 0 aromatic carbocycles. The van der Waals surface area contributed by atoms with E-state index in [9.17, 15) is 0 Å². The molecule has 1 heterocycles. The maximum Gasteiger partial charge on any atom is 0.169 e. The van der Waals surface area contributed by atoms with Crippen LogP contribution in [0.25, 0.3) is 0 Å². The number of aromatic nitrogens is 1. The van der Waals surface area contributed by atoms with E-state index >= 15 is 0 Å². The molecular weight excluding hydrogens is 152 g/mol. The van der Waals surface area contributed by atoms with Crippen LogP contribution in [0.5, 0.6) is 0 Å². The van der Waals surface area contributed by atoms with Crippen LogP contribution in [0.2, 0.25) is 0 Å². The van der Waals surface area contributed by atoms with Crippen molar-refractivity contribution in [3.8, 4) is 0 Å². The molecule has 4 heteroatoms. The van der Waals surface area contributed by atoms with Crippen molar-refractivity contribution in [2.24, 2.45) is 0 Å². The van der Waals surface area contributed by atoms with E-state index in [-0.39, 0.29) is 0 Å². The van der Waals surface area contributed by atoms with Gasteiger partial charge in [0.1, 0.15) is 5.76 Å². The molecule has 0 fully saturated rings. The molecule has 10 heavy (non-hydrogen) atoms. The lowest BCUT2D eigenvalue weighted by molar-refractivity contribution is 0.400. The Morgan fingerprint density at radius 1 is 1.80 bits per heavy atom. The Morgan fingerprint density at radius 2 is 2.60 bits per heavy atom. The number of anilines is 1. The first-order chi connectivity index (χ1) is 4.83. The zero-order valence-electron chi connectivity index (χ0n) is 5.72. The van der Waals surface area contributed by atoms with Crippen molar-refractivity contribution in [2.45, 2.75) is 6.92 Å². The number of nitrogens with zero attached hydrogens (tertiary/aromatic N) is 1. The maximum atomic E-state index is 5.44. The summed E-state index contributed by atoms with van der Waals surface area (Å²) in [6.07, 6.45) is 0. The molecule has 1 aromatic heterocycles. The van der Waals surface area contributed by atoms with Gasteiger partial charge in [-0.25, -0.2) is 0 Å². The van der Waals surface area contributed by atoms with Gasteiger partial charge in [-0.3, -0.25) is 0 Å². The summed E-state index contributed by atoms with van der Waals surface area (Å²) in [7, 11) is 0. The van der Waals surface area contributed by atoms with E-state index in [0.29, 0.717) is 12.4 Å². The summed E-state index contributed by atoms with van der Waals surface area (Å²) in [6, 6.07) is 1.83. The number of hydrogen-bond donors (Lipinski definition) is 1. The molecule has 0 spiro atoms. The highest BCUT2D eigenvalue weighted by atomic mass is 35.5. The molecule has 0 saturated carbocycles. The molecule has 0 atom stereocenters. The minimum atomic E-state index is 0.575. The molecule has 0 radical (unpaired) electrons. The predicted molar refractivity (Wildman–Crippen MR) is 40.4 cm³/mol. The van der Waals surface area contributed by atoms with Crippen molar-refractivity contribution in [2.75, 3.05) is 17.7 Å². The van der Waals surface area contributed by atoms with Crippen LogP contribution < -0.4 is 5.32 Å². The summed E-state index contributed by atoms with van der Waals surface area (Å²) in [5.74, 6) is 2.13. The first-order valence-electron chi connectivity index (χ1n) is 3.06. The number of rotatable bonds is 3. The van der Waals surface area contributed by atoms with Crippen LogP contribution in [-0.4, -0.2) is 17.6 Å². The van der Waals surface area contributed by atoms with E-state index in [2.05, 4.69) is 10.5 Å². The van der Waals surface area contributed by atoms with Crippen LogP contribution in [0.1, 0.15) is 5.76 Å². The van der Waals surface area contributed by atoms with Crippen LogP contribution in [0.15, 0.2) is 10.6 Å². The maximum absolute atomic E-state index is 5.44. The van der Waals surface area contributed by atoms with Gasteiger partial charge in [0.2, 0.25) is 0 Å². The van der Waals surface area contributed by atoms with Crippen molar-refractivity contribution in [3.05, 3.63) is 11.8 Å². The second kappa shape index (κ2) is 3.46.